The van der Waals surface area contributed by atoms with Gasteiger partial charge in [0.25, 0.3) is 0 Å². The molecule has 0 aromatic heterocycles. The van der Waals surface area contributed by atoms with E-state index in [0.29, 0.717) is 12.2 Å². The number of rotatable bonds is 16. The molecular formula is C29H59N3O2+2. The summed E-state index contributed by atoms with van der Waals surface area (Å²) in [6, 6.07) is 0.743. The van der Waals surface area contributed by atoms with Gasteiger partial charge in [-0.05, 0) is 60.3 Å². The van der Waals surface area contributed by atoms with Gasteiger partial charge in [0, 0.05) is 29.5 Å². The zero-order valence-corrected chi connectivity index (χ0v) is 24.4. The second-order valence-electron chi connectivity index (χ2n) is 13.6. The third-order valence-electron chi connectivity index (χ3n) is 7.68. The van der Waals surface area contributed by atoms with Gasteiger partial charge in [0.15, 0.2) is 0 Å². The molecule has 5 nitrogen and oxygen atoms in total. The fraction of sp³-hybridized carbons (Fsp3) is 0.897. The van der Waals surface area contributed by atoms with Gasteiger partial charge in [0.2, 0.25) is 0 Å². The van der Waals surface area contributed by atoms with Gasteiger partial charge in [-0.1, -0.05) is 32.3 Å². The number of quaternary nitrogens is 2. The van der Waals surface area contributed by atoms with Crippen LogP contribution in [0.2, 0.25) is 0 Å². The lowest BCUT2D eigenvalue weighted by atomic mass is 9.78. The number of likely N-dealkylation sites (N-methyl/N-ethyl adjacent to an activating group) is 1. The van der Waals surface area contributed by atoms with Gasteiger partial charge in [-0.2, -0.15) is 0 Å². The van der Waals surface area contributed by atoms with Gasteiger partial charge >= 0.3 is 5.97 Å². The SMILES string of the molecule is C=C(C)C(=O)OCC[N+](C)(C)CCCCCCCCCC[N+](C)(C)C1CC(C)(C)NC(C)(C)C1. The Balaban J connectivity index is 2.10. The van der Waals surface area contributed by atoms with Gasteiger partial charge in [-0.15, -0.1) is 0 Å². The summed E-state index contributed by atoms with van der Waals surface area (Å²) in [5, 5.41) is 3.83. The minimum atomic E-state index is -0.276. The van der Waals surface area contributed by atoms with Gasteiger partial charge in [-0.3, -0.25) is 0 Å². The summed E-state index contributed by atoms with van der Waals surface area (Å²) >= 11 is 0. The van der Waals surface area contributed by atoms with Gasteiger partial charge in [0.05, 0.1) is 47.3 Å². The molecule has 1 saturated heterocycles. The van der Waals surface area contributed by atoms with Crippen LogP contribution in [0.1, 0.15) is 98.8 Å². The molecule has 5 heteroatoms. The lowest BCUT2D eigenvalue weighted by Crippen LogP contribution is -2.65. The summed E-state index contributed by atoms with van der Waals surface area (Å²) in [7, 11) is 9.35. The summed E-state index contributed by atoms with van der Waals surface area (Å²) in [5.41, 5.74) is 0.934. The first-order valence-corrected chi connectivity index (χ1v) is 13.8. The number of carbonyl (C=O) groups excluding carboxylic acids is 1. The van der Waals surface area contributed by atoms with E-state index >= 15 is 0 Å². The first-order valence-electron chi connectivity index (χ1n) is 13.8. The second kappa shape index (κ2) is 13.4. The summed E-state index contributed by atoms with van der Waals surface area (Å²) < 4.78 is 7.31. The molecule has 0 unspecified atom stereocenters. The molecule has 34 heavy (non-hydrogen) atoms. The van der Waals surface area contributed by atoms with E-state index in [-0.39, 0.29) is 17.0 Å². The topological polar surface area (TPSA) is 38.3 Å². The van der Waals surface area contributed by atoms with Crippen LogP contribution in [0.15, 0.2) is 12.2 Å². The lowest BCUT2D eigenvalue weighted by molar-refractivity contribution is -0.917. The molecule has 0 aromatic rings. The van der Waals surface area contributed by atoms with Crippen LogP contribution in [0.25, 0.3) is 0 Å². The van der Waals surface area contributed by atoms with Gasteiger partial charge < -0.3 is 19.0 Å². The number of unbranched alkanes of at least 4 members (excludes halogenated alkanes) is 7. The maximum Gasteiger partial charge on any atom is 0.333 e. The van der Waals surface area contributed by atoms with Crippen molar-refractivity contribution in [1.29, 1.82) is 0 Å². The van der Waals surface area contributed by atoms with Crippen molar-refractivity contribution in [3.8, 4) is 0 Å². The van der Waals surface area contributed by atoms with Crippen molar-refractivity contribution in [2.24, 2.45) is 0 Å². The van der Waals surface area contributed by atoms with E-state index in [0.717, 1.165) is 28.1 Å². The third kappa shape index (κ3) is 12.7. The van der Waals surface area contributed by atoms with Gasteiger partial charge in [-0.25, -0.2) is 4.79 Å². The smallest absolute Gasteiger partial charge is 0.333 e. The Morgan fingerprint density at radius 3 is 1.74 bits per heavy atom. The van der Waals surface area contributed by atoms with Crippen molar-refractivity contribution >= 4 is 5.97 Å². The predicted molar refractivity (Wildman–Crippen MR) is 146 cm³/mol. The standard InChI is InChI=1S/C29H59N3O2/c1-25(2)27(33)34-22-21-31(7,8)19-17-15-13-11-12-14-16-18-20-32(9,10)26-23-28(3,4)30-29(5,6)24-26/h26,30H,1,11-24H2,2-10H3/q+2. The molecule has 0 amide bonds. The quantitative estimate of drug-likeness (QED) is 0.133. The molecule has 0 atom stereocenters. The number of ether oxygens (including phenoxy) is 1. The van der Waals surface area contributed by atoms with Crippen LogP contribution in [0.5, 0.6) is 0 Å². The molecule has 1 heterocycles. The largest absolute Gasteiger partial charge is 0.456 e. The van der Waals surface area contributed by atoms with Crippen molar-refractivity contribution in [3.05, 3.63) is 12.2 Å². The molecular weight excluding hydrogens is 422 g/mol. The Kier molecular flexibility index (Phi) is 12.3. The summed E-state index contributed by atoms with van der Waals surface area (Å²) in [6.45, 7) is 18.5. The third-order valence-corrected chi connectivity index (χ3v) is 7.68. The lowest BCUT2D eigenvalue weighted by Gasteiger charge is -2.51. The van der Waals surface area contributed by atoms with E-state index in [4.69, 9.17) is 4.74 Å². The first kappa shape index (κ1) is 31.1. The number of hydrogen-bond donors (Lipinski definition) is 1. The molecule has 0 saturated carbocycles. The number of piperidine rings is 1. The highest BCUT2D eigenvalue weighted by Gasteiger charge is 2.44. The first-order chi connectivity index (χ1) is 15.6. The number of nitrogens with zero attached hydrogens (tertiary/aromatic N) is 2. The zero-order valence-electron chi connectivity index (χ0n) is 24.4. The Hall–Kier alpha value is -0.910. The maximum atomic E-state index is 11.5. The highest BCUT2D eigenvalue weighted by molar-refractivity contribution is 5.86. The molecule has 0 bridgehead atoms. The molecule has 0 aromatic carbocycles. The highest BCUT2D eigenvalue weighted by atomic mass is 16.5. The summed E-state index contributed by atoms with van der Waals surface area (Å²) in [5.74, 6) is -0.276. The van der Waals surface area contributed by atoms with E-state index < -0.39 is 0 Å². The average Bonchev–Trinajstić information content (AvgIpc) is 2.66. The number of nitrogens with one attached hydrogen (secondary N) is 1. The Labute approximate surface area is 212 Å². The van der Waals surface area contributed by atoms with E-state index in [1.807, 2.05) is 0 Å². The molecule has 1 aliphatic rings. The van der Waals surface area contributed by atoms with Crippen molar-refractivity contribution in [2.45, 2.75) is 116 Å². The Morgan fingerprint density at radius 2 is 1.26 bits per heavy atom. The highest BCUT2D eigenvalue weighted by Crippen LogP contribution is 2.33. The minimum Gasteiger partial charge on any atom is -0.456 e. The van der Waals surface area contributed by atoms with Crippen molar-refractivity contribution < 1.29 is 18.5 Å². The Morgan fingerprint density at radius 1 is 0.824 bits per heavy atom. The molecule has 200 valence electrons. The zero-order chi connectivity index (χ0) is 26.0. The Bertz CT molecular complexity index is 621. The van der Waals surface area contributed by atoms with E-state index in [2.05, 4.69) is 67.8 Å². The van der Waals surface area contributed by atoms with E-state index in [1.54, 1.807) is 6.92 Å². The summed E-state index contributed by atoms with van der Waals surface area (Å²) in [4.78, 5) is 11.5. The van der Waals surface area contributed by atoms with E-state index in [9.17, 15) is 4.79 Å². The van der Waals surface area contributed by atoms with Crippen LogP contribution < -0.4 is 5.32 Å². The summed E-state index contributed by atoms with van der Waals surface area (Å²) in [6.07, 6.45) is 13.2. The molecule has 0 radical (unpaired) electrons. The van der Waals surface area contributed by atoms with Crippen LogP contribution in [0.3, 0.4) is 0 Å². The molecule has 0 aliphatic carbocycles. The number of esters is 1. The van der Waals surface area contributed by atoms with Crippen LogP contribution in [-0.2, 0) is 9.53 Å². The minimum absolute atomic E-state index is 0.230. The fourth-order valence-corrected chi connectivity index (χ4v) is 5.69. The van der Waals surface area contributed by atoms with Crippen molar-refractivity contribution in [3.63, 3.8) is 0 Å². The number of carbonyl (C=O) groups is 1. The monoisotopic (exact) mass is 481 g/mol. The van der Waals surface area contributed by atoms with Gasteiger partial charge in [0.1, 0.15) is 13.2 Å². The van der Waals surface area contributed by atoms with Crippen LogP contribution in [0.4, 0.5) is 0 Å². The predicted octanol–water partition coefficient (Wildman–Crippen LogP) is 5.69. The van der Waals surface area contributed by atoms with E-state index in [1.165, 1.54) is 70.8 Å². The molecule has 1 aliphatic heterocycles. The molecule has 0 spiro atoms. The fourth-order valence-electron chi connectivity index (χ4n) is 5.69. The normalized spacial score (nSPS) is 18.6. The molecule has 1 N–H and O–H groups in total. The molecule has 1 rings (SSSR count). The second-order valence-corrected chi connectivity index (χ2v) is 13.6. The van der Waals surface area contributed by atoms with Crippen LogP contribution in [-0.4, -0.2) is 86.5 Å². The molecule has 1 fully saturated rings. The average molecular weight is 482 g/mol. The maximum absolute atomic E-state index is 11.5. The van der Waals surface area contributed by atoms with Crippen molar-refractivity contribution in [1.82, 2.24) is 5.32 Å². The van der Waals surface area contributed by atoms with Crippen molar-refractivity contribution in [2.75, 3.05) is 54.4 Å². The number of hydrogen-bond acceptors (Lipinski definition) is 3. The van der Waals surface area contributed by atoms with Crippen LogP contribution >= 0.6 is 0 Å². The van der Waals surface area contributed by atoms with Crippen LogP contribution in [0, 0.1) is 0 Å².